The molecule has 0 radical (unpaired) electrons. The SMILES string of the molecule is COc1ccc2c(CO)nn(C)c2c1NS(=O)(=O)c1cccnc1. The Kier molecular flexibility index (Phi) is 4.12. The van der Waals surface area contributed by atoms with Gasteiger partial charge in [0.05, 0.1) is 24.9 Å². The molecule has 126 valence electrons. The Labute approximate surface area is 138 Å². The van der Waals surface area contributed by atoms with Gasteiger partial charge in [-0.1, -0.05) is 0 Å². The summed E-state index contributed by atoms with van der Waals surface area (Å²) in [6, 6.07) is 6.35. The molecule has 24 heavy (non-hydrogen) atoms. The first-order valence-electron chi connectivity index (χ1n) is 7.04. The fourth-order valence-electron chi connectivity index (χ4n) is 2.51. The molecule has 0 spiro atoms. The molecule has 0 aliphatic carbocycles. The van der Waals surface area contributed by atoms with Crippen LogP contribution in [0.1, 0.15) is 5.69 Å². The largest absolute Gasteiger partial charge is 0.494 e. The van der Waals surface area contributed by atoms with Crippen LogP contribution in [0.5, 0.6) is 5.75 Å². The summed E-state index contributed by atoms with van der Waals surface area (Å²) >= 11 is 0. The van der Waals surface area contributed by atoms with Gasteiger partial charge in [0.25, 0.3) is 10.0 Å². The quantitative estimate of drug-likeness (QED) is 0.719. The standard InChI is InChI=1S/C15H16N4O4S/c1-19-15-11(12(9-20)17-19)5-6-13(23-2)14(15)18-24(21,22)10-4-3-7-16-8-10/h3-8,18,20H,9H2,1-2H3. The number of fused-ring (bicyclic) bond motifs is 1. The predicted octanol–water partition coefficient (Wildman–Crippen LogP) is 1.27. The first-order chi connectivity index (χ1) is 11.5. The monoisotopic (exact) mass is 348 g/mol. The molecule has 0 unspecified atom stereocenters. The van der Waals surface area contributed by atoms with Crippen LogP contribution in [0, 0.1) is 0 Å². The zero-order chi connectivity index (χ0) is 17.3. The minimum Gasteiger partial charge on any atom is -0.494 e. The molecule has 3 rings (SSSR count). The van der Waals surface area contributed by atoms with Crippen molar-refractivity contribution in [3.8, 4) is 5.75 Å². The van der Waals surface area contributed by atoms with Crippen LogP contribution < -0.4 is 9.46 Å². The summed E-state index contributed by atoms with van der Waals surface area (Å²) in [4.78, 5) is 3.87. The Balaban J connectivity index is 2.20. The lowest BCUT2D eigenvalue weighted by molar-refractivity contribution is 0.277. The van der Waals surface area contributed by atoms with E-state index >= 15 is 0 Å². The van der Waals surface area contributed by atoms with Gasteiger partial charge in [0.2, 0.25) is 0 Å². The number of aromatic nitrogens is 3. The fraction of sp³-hybridized carbons (Fsp3) is 0.200. The zero-order valence-corrected chi connectivity index (χ0v) is 13.9. The third-order valence-corrected chi connectivity index (χ3v) is 4.93. The van der Waals surface area contributed by atoms with Crippen LogP contribution in [0.15, 0.2) is 41.6 Å². The van der Waals surface area contributed by atoms with Gasteiger partial charge in [0.15, 0.2) is 0 Å². The van der Waals surface area contributed by atoms with Crippen molar-refractivity contribution in [3.63, 3.8) is 0 Å². The number of methoxy groups -OCH3 is 1. The van der Waals surface area contributed by atoms with Gasteiger partial charge in [-0.15, -0.1) is 0 Å². The van der Waals surface area contributed by atoms with Crippen molar-refractivity contribution >= 4 is 26.6 Å². The molecule has 0 aliphatic heterocycles. The van der Waals surface area contributed by atoms with Gasteiger partial charge >= 0.3 is 0 Å². The van der Waals surface area contributed by atoms with Gasteiger partial charge in [-0.25, -0.2) is 8.42 Å². The summed E-state index contributed by atoms with van der Waals surface area (Å²) in [5.74, 6) is 0.349. The average molecular weight is 348 g/mol. The number of hydrogen-bond acceptors (Lipinski definition) is 6. The van der Waals surface area contributed by atoms with E-state index in [1.807, 2.05) is 0 Å². The molecule has 1 aromatic carbocycles. The van der Waals surface area contributed by atoms with E-state index in [0.717, 1.165) is 0 Å². The van der Waals surface area contributed by atoms with Crippen molar-refractivity contribution < 1.29 is 18.3 Å². The van der Waals surface area contributed by atoms with Crippen molar-refractivity contribution in [1.29, 1.82) is 0 Å². The molecular formula is C15H16N4O4S. The van der Waals surface area contributed by atoms with E-state index in [4.69, 9.17) is 4.74 Å². The van der Waals surface area contributed by atoms with Crippen molar-refractivity contribution in [2.75, 3.05) is 11.8 Å². The molecule has 2 heterocycles. The van der Waals surface area contributed by atoms with E-state index in [1.165, 1.54) is 30.3 Å². The Morgan fingerprint density at radius 1 is 1.33 bits per heavy atom. The molecule has 2 aromatic heterocycles. The van der Waals surface area contributed by atoms with E-state index in [2.05, 4.69) is 14.8 Å². The first kappa shape index (κ1) is 16.2. The van der Waals surface area contributed by atoms with Crippen LogP contribution in [0.4, 0.5) is 5.69 Å². The van der Waals surface area contributed by atoms with E-state index in [-0.39, 0.29) is 17.2 Å². The van der Waals surface area contributed by atoms with Gasteiger partial charge in [-0.2, -0.15) is 5.10 Å². The van der Waals surface area contributed by atoms with Crippen molar-refractivity contribution in [2.45, 2.75) is 11.5 Å². The minimum absolute atomic E-state index is 0.0357. The topological polar surface area (TPSA) is 106 Å². The number of rotatable bonds is 5. The number of anilines is 1. The van der Waals surface area contributed by atoms with Crippen LogP contribution in [-0.4, -0.2) is 35.4 Å². The lowest BCUT2D eigenvalue weighted by Crippen LogP contribution is -2.14. The van der Waals surface area contributed by atoms with Crippen molar-refractivity contribution in [1.82, 2.24) is 14.8 Å². The number of ether oxygens (including phenoxy) is 1. The summed E-state index contributed by atoms with van der Waals surface area (Å²) in [6.45, 7) is -0.252. The van der Waals surface area contributed by atoms with E-state index in [1.54, 1.807) is 25.2 Å². The van der Waals surface area contributed by atoms with Gasteiger partial charge < -0.3 is 9.84 Å². The number of sulfonamides is 1. The van der Waals surface area contributed by atoms with E-state index in [0.29, 0.717) is 22.3 Å². The normalized spacial score (nSPS) is 11.6. The summed E-state index contributed by atoms with van der Waals surface area (Å²) in [5.41, 5.74) is 1.23. The smallest absolute Gasteiger partial charge is 0.263 e. The van der Waals surface area contributed by atoms with Gasteiger partial charge in [-0.05, 0) is 24.3 Å². The zero-order valence-electron chi connectivity index (χ0n) is 13.1. The number of aliphatic hydroxyl groups excluding tert-OH is 1. The second kappa shape index (κ2) is 6.10. The Hall–Kier alpha value is -2.65. The highest BCUT2D eigenvalue weighted by Gasteiger charge is 2.22. The van der Waals surface area contributed by atoms with E-state index < -0.39 is 10.0 Å². The van der Waals surface area contributed by atoms with Gasteiger partial charge in [0, 0.05) is 24.8 Å². The number of nitrogens with one attached hydrogen (secondary N) is 1. The Morgan fingerprint density at radius 3 is 2.75 bits per heavy atom. The van der Waals surface area contributed by atoms with Gasteiger partial charge in [-0.3, -0.25) is 14.4 Å². The van der Waals surface area contributed by atoms with Crippen LogP contribution in [-0.2, 0) is 23.7 Å². The maximum absolute atomic E-state index is 12.6. The highest BCUT2D eigenvalue weighted by molar-refractivity contribution is 7.92. The minimum atomic E-state index is -3.85. The average Bonchev–Trinajstić information content (AvgIpc) is 2.92. The predicted molar refractivity (Wildman–Crippen MR) is 88.2 cm³/mol. The van der Waals surface area contributed by atoms with Crippen molar-refractivity contribution in [2.24, 2.45) is 7.05 Å². The van der Waals surface area contributed by atoms with E-state index in [9.17, 15) is 13.5 Å². The van der Waals surface area contributed by atoms with Gasteiger partial charge in [0.1, 0.15) is 16.3 Å². The Bertz CT molecular complexity index is 984. The first-order valence-corrected chi connectivity index (χ1v) is 8.52. The maximum Gasteiger partial charge on any atom is 0.263 e. The fourth-order valence-corrected chi connectivity index (χ4v) is 3.55. The number of benzene rings is 1. The molecule has 0 bridgehead atoms. The lowest BCUT2D eigenvalue weighted by atomic mass is 10.1. The summed E-state index contributed by atoms with van der Waals surface area (Å²) in [5, 5.41) is 14.3. The number of pyridine rings is 1. The summed E-state index contributed by atoms with van der Waals surface area (Å²) < 4.78 is 34.6. The molecule has 8 nitrogen and oxygen atoms in total. The second-order valence-corrected chi connectivity index (χ2v) is 6.74. The van der Waals surface area contributed by atoms with Crippen LogP contribution in [0.25, 0.3) is 10.9 Å². The maximum atomic E-state index is 12.6. The summed E-state index contributed by atoms with van der Waals surface area (Å²) in [7, 11) is -0.728. The second-order valence-electron chi connectivity index (χ2n) is 5.06. The molecule has 2 N–H and O–H groups in total. The number of hydrogen-bond donors (Lipinski definition) is 2. The number of aryl methyl sites for hydroxylation is 1. The highest BCUT2D eigenvalue weighted by Crippen LogP contribution is 2.35. The highest BCUT2D eigenvalue weighted by atomic mass is 32.2. The lowest BCUT2D eigenvalue weighted by Gasteiger charge is -2.13. The molecule has 0 saturated heterocycles. The molecule has 3 aromatic rings. The third kappa shape index (κ3) is 2.68. The number of nitrogens with zero attached hydrogens (tertiary/aromatic N) is 3. The molecule has 0 aliphatic rings. The molecule has 0 saturated carbocycles. The molecule has 9 heteroatoms. The molecule has 0 amide bonds. The third-order valence-electron chi connectivity index (χ3n) is 3.60. The van der Waals surface area contributed by atoms with Crippen LogP contribution in [0.3, 0.4) is 0 Å². The van der Waals surface area contributed by atoms with Crippen LogP contribution >= 0.6 is 0 Å². The molecule has 0 atom stereocenters. The van der Waals surface area contributed by atoms with Crippen molar-refractivity contribution in [3.05, 3.63) is 42.4 Å². The number of aliphatic hydroxyl groups is 1. The van der Waals surface area contributed by atoms with Crippen LogP contribution in [0.2, 0.25) is 0 Å². The molecular weight excluding hydrogens is 332 g/mol. The molecule has 0 fully saturated rings. The summed E-state index contributed by atoms with van der Waals surface area (Å²) in [6.07, 6.45) is 2.76. The Morgan fingerprint density at radius 2 is 2.12 bits per heavy atom.